The lowest BCUT2D eigenvalue weighted by Crippen LogP contribution is -2.57. The molecule has 0 bridgehead atoms. The summed E-state index contributed by atoms with van der Waals surface area (Å²) in [4.78, 5) is 0. The number of hydrogen-bond donors (Lipinski definition) is 5. The molecule has 10 nitrogen and oxygen atoms in total. The van der Waals surface area contributed by atoms with Crippen LogP contribution in [0.15, 0.2) is 5.16 Å². The van der Waals surface area contributed by atoms with Gasteiger partial charge in [-0.2, -0.15) is 8.42 Å². The molecule has 0 unspecified atom stereocenters. The van der Waals surface area contributed by atoms with Crippen LogP contribution in [0.25, 0.3) is 0 Å². The fourth-order valence-electron chi connectivity index (χ4n) is 2.22. The third-order valence-electron chi connectivity index (χ3n) is 3.58. The molecule has 0 spiro atoms. The molecule has 1 rings (SSSR count). The van der Waals surface area contributed by atoms with Gasteiger partial charge in [0, 0.05) is 0 Å². The highest BCUT2D eigenvalue weighted by Gasteiger charge is 2.44. The lowest BCUT2D eigenvalue weighted by atomic mass is 10.0. The Morgan fingerprint density at radius 2 is 1.84 bits per heavy atom. The fraction of sp³-hybridized carbons (Fsp3) is 0.923. The summed E-state index contributed by atoms with van der Waals surface area (Å²) in [6.07, 6.45) is -1.83. The van der Waals surface area contributed by atoms with Gasteiger partial charge < -0.3 is 25.2 Å². The lowest BCUT2D eigenvalue weighted by Gasteiger charge is -2.39. The highest BCUT2D eigenvalue weighted by atomic mass is 32.3. The summed E-state index contributed by atoms with van der Waals surface area (Å²) in [6.45, 7) is 1.45. The van der Waals surface area contributed by atoms with E-state index in [2.05, 4.69) is 9.44 Å². The van der Waals surface area contributed by atoms with Crippen LogP contribution in [0.4, 0.5) is 0 Å². The molecule has 1 aliphatic rings. The van der Waals surface area contributed by atoms with E-state index in [-0.39, 0.29) is 5.04 Å². The average Bonchev–Trinajstić information content (AvgIpc) is 2.55. The van der Waals surface area contributed by atoms with Crippen molar-refractivity contribution in [3.05, 3.63) is 0 Å². The average molecular weight is 403 g/mol. The molecular formula is C13H25NO9S2. The molecule has 0 aromatic carbocycles. The molecule has 148 valence electrons. The summed E-state index contributed by atoms with van der Waals surface area (Å²) in [5.41, 5.74) is -1.11. The van der Waals surface area contributed by atoms with E-state index in [9.17, 15) is 28.8 Å². The van der Waals surface area contributed by atoms with Gasteiger partial charge in [0.05, 0.1) is 6.61 Å². The summed E-state index contributed by atoms with van der Waals surface area (Å²) >= 11 is 0.792. The second kappa shape index (κ2) is 10.6. The minimum atomic E-state index is -4.78. The van der Waals surface area contributed by atoms with Gasteiger partial charge >= 0.3 is 10.4 Å². The van der Waals surface area contributed by atoms with Crippen LogP contribution in [-0.4, -0.2) is 74.9 Å². The van der Waals surface area contributed by atoms with Crippen LogP contribution in [0, 0.1) is 0 Å². The Labute approximate surface area is 150 Å². The first-order valence-electron chi connectivity index (χ1n) is 7.89. The molecule has 0 aromatic rings. The minimum absolute atomic E-state index is 0.123. The van der Waals surface area contributed by atoms with Crippen molar-refractivity contribution >= 4 is 27.2 Å². The number of aliphatic hydroxyl groups is 4. The Hall–Kier alpha value is -0.470. The Morgan fingerprint density at radius 3 is 2.40 bits per heavy atom. The highest BCUT2D eigenvalue weighted by Crippen LogP contribution is 2.30. The maximum absolute atomic E-state index is 10.7. The Morgan fingerprint density at radius 1 is 1.16 bits per heavy atom. The molecule has 1 aliphatic heterocycles. The number of unbranched alkanes of at least 4 members (excludes halogenated alkanes) is 3. The predicted molar refractivity (Wildman–Crippen MR) is 90.2 cm³/mol. The van der Waals surface area contributed by atoms with Gasteiger partial charge in [0.1, 0.15) is 34.9 Å². The number of aliphatic hydroxyl groups excluding tert-OH is 4. The van der Waals surface area contributed by atoms with Gasteiger partial charge in [-0.05, 0) is 12.8 Å². The minimum Gasteiger partial charge on any atom is -0.394 e. The van der Waals surface area contributed by atoms with E-state index in [1.54, 1.807) is 0 Å². The first-order chi connectivity index (χ1) is 11.7. The zero-order valence-corrected chi connectivity index (χ0v) is 15.4. The maximum atomic E-state index is 10.7. The quantitative estimate of drug-likeness (QED) is 0.113. The smallest absolute Gasteiger partial charge is 0.394 e. The Bertz CT molecular complexity index is 526. The number of ether oxygens (including phenoxy) is 1. The SMILES string of the molecule is CCCCCC/C(=N\OS(=O)(=O)O)S[C@H]1O[C@H](CO)[C@H](O)[C@@H](O)[C@H]1O. The van der Waals surface area contributed by atoms with Crippen LogP contribution in [0.5, 0.6) is 0 Å². The molecule has 0 aliphatic carbocycles. The zero-order chi connectivity index (χ0) is 19.0. The molecule has 5 atom stereocenters. The van der Waals surface area contributed by atoms with E-state index >= 15 is 0 Å². The van der Waals surface area contributed by atoms with Gasteiger partial charge in [-0.25, -0.2) is 4.28 Å². The molecule has 12 heteroatoms. The molecular weight excluding hydrogens is 378 g/mol. The van der Waals surface area contributed by atoms with Gasteiger partial charge in [-0.15, -0.1) is 0 Å². The number of hydrogen-bond acceptors (Lipinski definition) is 10. The predicted octanol–water partition coefficient (Wildman–Crippen LogP) is -0.377. The molecule has 5 N–H and O–H groups in total. The molecule has 1 saturated heterocycles. The number of thioether (sulfide) groups is 1. The summed E-state index contributed by atoms with van der Waals surface area (Å²) in [6, 6.07) is 0. The van der Waals surface area contributed by atoms with E-state index < -0.39 is 46.9 Å². The van der Waals surface area contributed by atoms with Crippen molar-refractivity contribution in [2.24, 2.45) is 5.16 Å². The summed E-state index contributed by atoms with van der Waals surface area (Å²) < 4.78 is 39.4. The van der Waals surface area contributed by atoms with Gasteiger partial charge in [-0.3, -0.25) is 4.55 Å². The van der Waals surface area contributed by atoms with Crippen molar-refractivity contribution in [3.8, 4) is 0 Å². The van der Waals surface area contributed by atoms with Crippen LogP contribution in [0.2, 0.25) is 0 Å². The number of nitrogens with zero attached hydrogens (tertiary/aromatic N) is 1. The van der Waals surface area contributed by atoms with Crippen LogP contribution >= 0.6 is 11.8 Å². The number of oxime groups is 1. The van der Waals surface area contributed by atoms with Crippen LogP contribution in [-0.2, 0) is 19.4 Å². The monoisotopic (exact) mass is 403 g/mol. The van der Waals surface area contributed by atoms with Gasteiger partial charge in [-0.1, -0.05) is 43.1 Å². The molecule has 0 radical (unpaired) electrons. The van der Waals surface area contributed by atoms with Gasteiger partial charge in [0.25, 0.3) is 0 Å². The molecule has 25 heavy (non-hydrogen) atoms. The van der Waals surface area contributed by atoms with E-state index in [0.717, 1.165) is 31.0 Å². The Kier molecular flexibility index (Phi) is 9.59. The third kappa shape index (κ3) is 7.74. The van der Waals surface area contributed by atoms with Gasteiger partial charge in [0.15, 0.2) is 0 Å². The maximum Gasteiger partial charge on any atom is 0.466 e. The van der Waals surface area contributed by atoms with E-state index in [1.807, 2.05) is 6.92 Å². The van der Waals surface area contributed by atoms with Gasteiger partial charge in [0.2, 0.25) is 0 Å². The van der Waals surface area contributed by atoms with Crippen molar-refractivity contribution in [2.75, 3.05) is 6.61 Å². The standard InChI is InChI=1S/C13H25NO9S2/c1-2-3-4-5-6-9(14-23-25(19,20)21)24-13-12(18)11(17)10(16)8(7-15)22-13/h8,10-13,15-18H,2-7H2,1H3,(H,19,20,21)/b14-9+/t8-,10+,11-,12-,13-/m1/s1. The van der Waals surface area contributed by atoms with Crippen molar-refractivity contribution in [3.63, 3.8) is 0 Å². The van der Waals surface area contributed by atoms with Crippen molar-refractivity contribution < 1.29 is 42.4 Å². The van der Waals surface area contributed by atoms with Crippen LogP contribution in [0.1, 0.15) is 39.0 Å². The van der Waals surface area contributed by atoms with Crippen LogP contribution < -0.4 is 0 Å². The second-order valence-electron chi connectivity index (χ2n) is 5.61. The lowest BCUT2D eigenvalue weighted by molar-refractivity contribution is -0.205. The first kappa shape index (κ1) is 22.6. The summed E-state index contributed by atoms with van der Waals surface area (Å²) in [5.74, 6) is 0. The number of rotatable bonds is 9. The van der Waals surface area contributed by atoms with Crippen molar-refractivity contribution in [1.82, 2.24) is 0 Å². The zero-order valence-electron chi connectivity index (χ0n) is 13.8. The normalized spacial score (nSPS) is 31.1. The Balaban J connectivity index is 2.80. The van der Waals surface area contributed by atoms with Crippen LogP contribution in [0.3, 0.4) is 0 Å². The molecule has 1 fully saturated rings. The summed E-state index contributed by atoms with van der Waals surface area (Å²) in [7, 11) is -4.78. The largest absolute Gasteiger partial charge is 0.466 e. The van der Waals surface area contributed by atoms with E-state index in [4.69, 9.17) is 9.29 Å². The van der Waals surface area contributed by atoms with Crippen molar-refractivity contribution in [2.45, 2.75) is 68.9 Å². The third-order valence-corrected chi connectivity index (χ3v) is 5.01. The molecule has 0 aromatic heterocycles. The fourth-order valence-corrected chi connectivity index (χ4v) is 3.56. The van der Waals surface area contributed by atoms with E-state index in [1.165, 1.54) is 0 Å². The highest BCUT2D eigenvalue weighted by molar-refractivity contribution is 8.14. The topological polar surface area (TPSA) is 166 Å². The molecule has 0 amide bonds. The van der Waals surface area contributed by atoms with Crippen molar-refractivity contribution in [1.29, 1.82) is 0 Å². The van der Waals surface area contributed by atoms with E-state index in [0.29, 0.717) is 12.8 Å². The second-order valence-corrected chi connectivity index (χ2v) is 7.79. The molecule has 0 saturated carbocycles. The summed E-state index contributed by atoms with van der Waals surface area (Å²) in [5, 5.41) is 42.2. The first-order valence-corrected chi connectivity index (χ1v) is 10.1. The molecule has 1 heterocycles.